The summed E-state index contributed by atoms with van der Waals surface area (Å²) in [6.07, 6.45) is 12.3. The minimum absolute atomic E-state index is 0.565. The fraction of sp³-hybridized carbons (Fsp3) is 0.433. The van der Waals surface area contributed by atoms with E-state index in [1.165, 1.54) is 82.2 Å². The molecule has 0 bridgehead atoms. The van der Waals surface area contributed by atoms with Crippen LogP contribution >= 0.6 is 0 Å². The minimum Gasteiger partial charge on any atom is -0.456 e. The van der Waals surface area contributed by atoms with Gasteiger partial charge in [0.2, 0.25) is 5.52 Å². The summed E-state index contributed by atoms with van der Waals surface area (Å²) in [6, 6.07) is 11.5. The van der Waals surface area contributed by atoms with Gasteiger partial charge in [0, 0.05) is 30.1 Å². The predicted molar refractivity (Wildman–Crippen MR) is 138 cm³/mol. The van der Waals surface area contributed by atoms with Gasteiger partial charge in [0.1, 0.15) is 18.2 Å². The van der Waals surface area contributed by atoms with E-state index in [1.54, 1.807) is 0 Å². The summed E-state index contributed by atoms with van der Waals surface area (Å²) in [5.74, 6) is 0.636. The average molecular weight is 440 g/mol. The van der Waals surface area contributed by atoms with Gasteiger partial charge in [0.15, 0.2) is 6.20 Å². The van der Waals surface area contributed by atoms with E-state index >= 15 is 0 Å². The number of pyridine rings is 1. The molecule has 1 fully saturated rings. The molecule has 3 heterocycles. The second-order valence-electron chi connectivity index (χ2n) is 10.6. The first-order chi connectivity index (χ1) is 15.9. The molecule has 0 N–H and O–H groups in total. The molecule has 0 spiro atoms. The molecule has 3 heteroatoms. The van der Waals surface area contributed by atoms with E-state index < -0.39 is 0 Å². The highest BCUT2D eigenvalue weighted by Crippen LogP contribution is 2.48. The van der Waals surface area contributed by atoms with Gasteiger partial charge in [0.05, 0.1) is 17.0 Å². The van der Waals surface area contributed by atoms with Crippen molar-refractivity contribution in [3.05, 3.63) is 53.9 Å². The van der Waals surface area contributed by atoms with Crippen LogP contribution in [0.4, 0.5) is 0 Å². The van der Waals surface area contributed by atoms with Gasteiger partial charge in [-0.3, -0.25) is 0 Å². The summed E-state index contributed by atoms with van der Waals surface area (Å²) in [7, 11) is 4.27. The normalized spacial score (nSPS) is 17.1. The third-order valence-electron chi connectivity index (χ3n) is 9.11. The first-order valence-electron chi connectivity index (χ1n) is 12.7. The number of nitrogens with zero attached hydrogens (tertiary/aromatic N) is 2. The molecule has 3 aromatic heterocycles. The van der Waals surface area contributed by atoms with Gasteiger partial charge in [-0.2, -0.15) is 0 Å². The largest absolute Gasteiger partial charge is 0.456 e. The maximum atomic E-state index is 6.71. The van der Waals surface area contributed by atoms with E-state index in [2.05, 4.69) is 86.7 Å². The van der Waals surface area contributed by atoms with E-state index in [-0.39, 0.29) is 0 Å². The second kappa shape index (κ2) is 7.35. The van der Waals surface area contributed by atoms with Gasteiger partial charge < -0.3 is 8.98 Å². The van der Waals surface area contributed by atoms with Crippen LogP contribution in [0.1, 0.15) is 69.4 Å². The maximum Gasteiger partial charge on any atom is 0.216 e. The Labute approximate surface area is 196 Å². The van der Waals surface area contributed by atoms with Crippen LogP contribution in [-0.4, -0.2) is 4.57 Å². The van der Waals surface area contributed by atoms with Crippen molar-refractivity contribution in [2.45, 2.75) is 65.2 Å². The minimum atomic E-state index is 0.565. The third kappa shape index (κ3) is 2.97. The number of fused-ring (bicyclic) bond motifs is 3. The van der Waals surface area contributed by atoms with Crippen LogP contribution in [-0.2, 0) is 14.1 Å². The van der Waals surface area contributed by atoms with Crippen molar-refractivity contribution in [1.29, 1.82) is 0 Å². The molecule has 2 aromatic carbocycles. The van der Waals surface area contributed by atoms with Crippen molar-refractivity contribution in [2.75, 3.05) is 0 Å². The average Bonchev–Trinajstić information content (AvgIpc) is 3.21. The fourth-order valence-corrected chi connectivity index (χ4v) is 6.67. The molecule has 1 aliphatic rings. The van der Waals surface area contributed by atoms with Crippen LogP contribution in [0.5, 0.6) is 0 Å². The number of aromatic nitrogens is 2. The summed E-state index contributed by atoms with van der Waals surface area (Å²) < 4.78 is 11.2. The lowest BCUT2D eigenvalue weighted by Crippen LogP contribution is -2.25. The van der Waals surface area contributed by atoms with E-state index in [9.17, 15) is 0 Å². The van der Waals surface area contributed by atoms with Crippen molar-refractivity contribution < 1.29 is 8.98 Å². The van der Waals surface area contributed by atoms with Gasteiger partial charge in [0.25, 0.3) is 0 Å². The summed E-state index contributed by atoms with van der Waals surface area (Å²) >= 11 is 0. The SMILES string of the molecule is CCC1(CC)CCC(c2cc3ccn(C)c4c5c(C)c6cc[n+](C)c6cc5oc(c2)c34)CC1. The van der Waals surface area contributed by atoms with E-state index in [4.69, 9.17) is 4.42 Å². The van der Waals surface area contributed by atoms with Crippen LogP contribution in [0.15, 0.2) is 47.1 Å². The lowest BCUT2D eigenvalue weighted by Gasteiger charge is -2.39. The Morgan fingerprint density at radius 1 is 1.03 bits per heavy atom. The zero-order valence-corrected chi connectivity index (χ0v) is 20.7. The Morgan fingerprint density at radius 3 is 2.48 bits per heavy atom. The molecule has 1 saturated carbocycles. The smallest absolute Gasteiger partial charge is 0.216 e. The predicted octanol–water partition coefficient (Wildman–Crippen LogP) is 7.83. The Morgan fingerprint density at radius 2 is 1.76 bits per heavy atom. The quantitative estimate of drug-likeness (QED) is 0.159. The van der Waals surface area contributed by atoms with Crippen LogP contribution in [0.25, 0.3) is 43.7 Å². The molecule has 1 aliphatic carbocycles. The summed E-state index contributed by atoms with van der Waals surface area (Å²) in [6.45, 7) is 6.99. The summed E-state index contributed by atoms with van der Waals surface area (Å²) in [4.78, 5) is 0. The molecule has 0 unspecified atom stereocenters. The number of rotatable bonds is 3. The van der Waals surface area contributed by atoms with Gasteiger partial charge >= 0.3 is 0 Å². The monoisotopic (exact) mass is 439 g/mol. The number of benzene rings is 2. The van der Waals surface area contributed by atoms with E-state index in [0.29, 0.717) is 11.3 Å². The molecular weight excluding hydrogens is 404 g/mol. The van der Waals surface area contributed by atoms with E-state index in [1.807, 2.05) is 0 Å². The van der Waals surface area contributed by atoms with Crippen molar-refractivity contribution >= 4 is 43.7 Å². The molecular formula is C30H35N2O+. The van der Waals surface area contributed by atoms with Crippen molar-refractivity contribution in [1.82, 2.24) is 4.57 Å². The topological polar surface area (TPSA) is 21.9 Å². The molecule has 33 heavy (non-hydrogen) atoms. The highest BCUT2D eigenvalue weighted by molar-refractivity contribution is 6.19. The molecule has 3 nitrogen and oxygen atoms in total. The first kappa shape index (κ1) is 20.8. The zero-order chi connectivity index (χ0) is 22.9. The zero-order valence-electron chi connectivity index (χ0n) is 20.7. The number of hydrogen-bond donors (Lipinski definition) is 0. The highest BCUT2D eigenvalue weighted by atomic mass is 16.3. The molecule has 0 atom stereocenters. The molecule has 0 radical (unpaired) electrons. The van der Waals surface area contributed by atoms with Crippen molar-refractivity contribution in [3.8, 4) is 0 Å². The first-order valence-corrected chi connectivity index (χ1v) is 12.7. The molecule has 0 aliphatic heterocycles. The van der Waals surface area contributed by atoms with Gasteiger partial charge in [-0.25, -0.2) is 4.57 Å². The molecule has 6 rings (SSSR count). The highest BCUT2D eigenvalue weighted by Gasteiger charge is 2.33. The van der Waals surface area contributed by atoms with Crippen molar-refractivity contribution in [2.24, 2.45) is 19.5 Å². The lowest BCUT2D eigenvalue weighted by atomic mass is 9.66. The molecule has 5 aromatic rings. The molecule has 0 amide bonds. The summed E-state index contributed by atoms with van der Waals surface area (Å²) in [5.41, 5.74) is 7.82. The van der Waals surface area contributed by atoms with E-state index in [0.717, 1.165) is 11.2 Å². The van der Waals surface area contributed by atoms with Crippen LogP contribution < -0.4 is 4.57 Å². The lowest BCUT2D eigenvalue weighted by molar-refractivity contribution is -0.642. The van der Waals surface area contributed by atoms with Gasteiger partial charge in [-0.1, -0.05) is 32.8 Å². The maximum absolute atomic E-state index is 6.71. The van der Waals surface area contributed by atoms with Gasteiger partial charge in [-0.15, -0.1) is 0 Å². The van der Waals surface area contributed by atoms with Crippen molar-refractivity contribution in [3.63, 3.8) is 0 Å². The Kier molecular flexibility index (Phi) is 4.62. The molecule has 0 saturated heterocycles. The Bertz CT molecular complexity index is 1520. The fourth-order valence-electron chi connectivity index (χ4n) is 6.67. The Balaban J connectivity index is 1.58. The Hall–Kier alpha value is -2.81. The van der Waals surface area contributed by atoms with Crippen LogP contribution in [0.2, 0.25) is 0 Å². The molecule has 170 valence electrons. The number of hydrogen-bond acceptors (Lipinski definition) is 1. The third-order valence-corrected chi connectivity index (χ3v) is 9.11. The van der Waals surface area contributed by atoms with Crippen LogP contribution in [0.3, 0.4) is 0 Å². The second-order valence-corrected chi connectivity index (χ2v) is 10.6. The standard InChI is InChI=1S/C30H35N2O/c1-6-30(7-2)12-8-20(9-13-30)22-16-21-10-14-32(5)29-27-19(3)23-11-15-31(4)24(23)18-26(27)33-25(17-22)28(21)29/h10-11,14-18,20H,6-9,12-13H2,1-5H3/q+1. The number of aryl methyl sites for hydroxylation is 3. The summed E-state index contributed by atoms with van der Waals surface area (Å²) in [5, 5.41) is 5.09. The van der Waals surface area contributed by atoms with Gasteiger partial charge in [-0.05, 0) is 72.6 Å². The van der Waals surface area contributed by atoms with Crippen LogP contribution in [0, 0.1) is 12.3 Å².